The van der Waals surface area contributed by atoms with Gasteiger partial charge in [-0.05, 0) is 15.9 Å². The molecule has 2 N–H and O–H groups in total. The maximum atomic E-state index is 10.5. The van der Waals surface area contributed by atoms with Crippen molar-refractivity contribution in [2.45, 2.75) is 0 Å². The first-order valence-corrected chi connectivity index (χ1v) is 2.72. The van der Waals surface area contributed by atoms with E-state index in [1.165, 1.54) is 7.05 Å². The van der Waals surface area contributed by atoms with Gasteiger partial charge in [0, 0.05) is 7.05 Å². The molecule has 0 spiro atoms. The molecule has 0 atom stereocenters. The Balaban J connectivity index is 3.84. The van der Waals surface area contributed by atoms with E-state index in [0.717, 1.165) is 5.01 Å². The average Bonchev–Trinajstić information content (AvgIpc) is 1.64. The summed E-state index contributed by atoms with van der Waals surface area (Å²) in [5.41, 5.74) is 0. The van der Waals surface area contributed by atoms with Crippen LogP contribution in [0.5, 0.6) is 0 Å². The van der Waals surface area contributed by atoms with Gasteiger partial charge in [0.1, 0.15) is 0 Å². The van der Waals surface area contributed by atoms with Gasteiger partial charge in [-0.1, -0.05) is 6.58 Å². The highest BCUT2D eigenvalue weighted by Gasteiger charge is 2.03. The van der Waals surface area contributed by atoms with Crippen molar-refractivity contribution in [1.29, 1.82) is 0 Å². The molecule has 0 aromatic rings. The second kappa shape index (κ2) is 2.84. The van der Waals surface area contributed by atoms with Gasteiger partial charge < -0.3 is 0 Å². The van der Waals surface area contributed by atoms with Crippen LogP contribution in [0.2, 0.25) is 0 Å². The summed E-state index contributed by atoms with van der Waals surface area (Å²) < 4.78 is 0.266. The molecule has 0 saturated carbocycles. The van der Waals surface area contributed by atoms with Crippen molar-refractivity contribution in [3.8, 4) is 0 Å². The van der Waals surface area contributed by atoms with Gasteiger partial charge in [0.2, 0.25) is 0 Å². The Morgan fingerprint density at radius 1 is 1.88 bits per heavy atom. The highest BCUT2D eigenvalue weighted by atomic mass is 79.9. The third-order valence-electron chi connectivity index (χ3n) is 0.552. The second-order valence-electron chi connectivity index (χ2n) is 1.32. The van der Waals surface area contributed by atoms with Crippen molar-refractivity contribution >= 4 is 21.8 Å². The largest absolute Gasteiger partial charge is 0.279 e. The van der Waals surface area contributed by atoms with Gasteiger partial charge in [-0.25, -0.2) is 5.84 Å². The number of carbonyl (C=O) groups is 1. The van der Waals surface area contributed by atoms with Crippen molar-refractivity contribution in [2.24, 2.45) is 5.84 Å². The van der Waals surface area contributed by atoms with Crippen molar-refractivity contribution in [3.63, 3.8) is 0 Å². The summed E-state index contributed by atoms with van der Waals surface area (Å²) in [6.07, 6.45) is 0. The van der Waals surface area contributed by atoms with Crippen LogP contribution in [-0.4, -0.2) is 18.0 Å². The molecule has 0 aliphatic rings. The topological polar surface area (TPSA) is 46.3 Å². The SMILES string of the molecule is C=C(Br)C(=O)N(C)N. The molecule has 46 valence electrons. The number of amides is 1. The number of likely N-dealkylation sites (N-methyl/N-ethyl adjacent to an activating group) is 1. The summed E-state index contributed by atoms with van der Waals surface area (Å²) in [7, 11) is 1.45. The molecule has 0 radical (unpaired) electrons. The summed E-state index contributed by atoms with van der Waals surface area (Å²) in [6.45, 7) is 3.32. The van der Waals surface area contributed by atoms with E-state index in [9.17, 15) is 4.79 Å². The Morgan fingerprint density at radius 3 is 2.25 bits per heavy atom. The van der Waals surface area contributed by atoms with Gasteiger partial charge in [-0.3, -0.25) is 9.80 Å². The fraction of sp³-hybridized carbons (Fsp3) is 0.250. The van der Waals surface area contributed by atoms with E-state index in [4.69, 9.17) is 5.84 Å². The van der Waals surface area contributed by atoms with E-state index in [0.29, 0.717) is 0 Å². The molecule has 3 nitrogen and oxygen atoms in total. The number of hydrogen-bond donors (Lipinski definition) is 1. The monoisotopic (exact) mass is 178 g/mol. The van der Waals surface area contributed by atoms with E-state index in [1.807, 2.05) is 0 Å². The van der Waals surface area contributed by atoms with Gasteiger partial charge in [0.25, 0.3) is 5.91 Å². The number of rotatable bonds is 1. The number of hydrazine groups is 1. The highest BCUT2D eigenvalue weighted by Crippen LogP contribution is 2.01. The predicted octanol–water partition coefficient (Wildman–Crippen LogP) is 0.227. The third-order valence-corrected chi connectivity index (χ3v) is 0.892. The molecule has 4 heteroatoms. The summed E-state index contributed by atoms with van der Waals surface area (Å²) in [5, 5.41) is 0.955. The molecule has 0 bridgehead atoms. The molecule has 0 unspecified atom stereocenters. The lowest BCUT2D eigenvalue weighted by atomic mass is 10.6. The molecular weight excluding hydrogens is 172 g/mol. The van der Waals surface area contributed by atoms with E-state index in [1.54, 1.807) is 0 Å². The van der Waals surface area contributed by atoms with Crippen molar-refractivity contribution in [2.75, 3.05) is 7.05 Å². The standard InChI is InChI=1S/C4H7BrN2O/c1-3(5)4(8)7(2)6/h1,6H2,2H3. The molecule has 0 aromatic heterocycles. The molecule has 0 heterocycles. The Kier molecular flexibility index (Phi) is 2.71. The minimum absolute atomic E-state index is 0.266. The summed E-state index contributed by atoms with van der Waals surface area (Å²) >= 11 is 2.87. The van der Waals surface area contributed by atoms with Gasteiger partial charge in [-0.2, -0.15) is 0 Å². The molecule has 0 saturated heterocycles. The van der Waals surface area contributed by atoms with E-state index in [-0.39, 0.29) is 10.4 Å². The molecule has 0 aliphatic carbocycles. The minimum Gasteiger partial charge on any atom is -0.279 e. The zero-order chi connectivity index (χ0) is 6.73. The van der Waals surface area contributed by atoms with Crippen LogP contribution in [0.25, 0.3) is 0 Å². The molecule has 1 amide bonds. The van der Waals surface area contributed by atoms with Crippen LogP contribution in [0, 0.1) is 0 Å². The van der Waals surface area contributed by atoms with Crippen molar-refractivity contribution in [1.82, 2.24) is 5.01 Å². The van der Waals surface area contributed by atoms with E-state index < -0.39 is 0 Å². The molecule has 0 fully saturated rings. The first kappa shape index (κ1) is 7.65. The lowest BCUT2D eigenvalue weighted by molar-refractivity contribution is -0.125. The summed E-state index contributed by atoms with van der Waals surface area (Å²) in [4.78, 5) is 10.5. The molecule has 0 aliphatic heterocycles. The van der Waals surface area contributed by atoms with Crippen molar-refractivity contribution < 1.29 is 4.79 Å². The summed E-state index contributed by atoms with van der Waals surface area (Å²) in [5.74, 6) is 4.72. The maximum absolute atomic E-state index is 10.5. The zero-order valence-electron chi connectivity index (χ0n) is 4.52. The fourth-order valence-electron chi connectivity index (χ4n) is 0.191. The first-order valence-electron chi connectivity index (χ1n) is 1.93. The van der Waals surface area contributed by atoms with Crippen LogP contribution in [0.15, 0.2) is 11.1 Å². The number of carbonyl (C=O) groups excluding carboxylic acids is 1. The van der Waals surface area contributed by atoms with Crippen LogP contribution in [0.4, 0.5) is 0 Å². The van der Waals surface area contributed by atoms with E-state index >= 15 is 0 Å². The highest BCUT2D eigenvalue weighted by molar-refractivity contribution is 9.12. The van der Waals surface area contributed by atoms with Gasteiger partial charge in [0.15, 0.2) is 0 Å². The molecule has 0 rings (SSSR count). The van der Waals surface area contributed by atoms with Gasteiger partial charge >= 0.3 is 0 Å². The fourth-order valence-corrected chi connectivity index (χ4v) is 0.471. The van der Waals surface area contributed by atoms with Crippen molar-refractivity contribution in [3.05, 3.63) is 11.1 Å². The predicted molar refractivity (Wildman–Crippen MR) is 35.0 cm³/mol. The Morgan fingerprint density at radius 2 is 2.25 bits per heavy atom. The number of nitrogens with zero attached hydrogens (tertiary/aromatic N) is 1. The van der Waals surface area contributed by atoms with Crippen LogP contribution in [0.3, 0.4) is 0 Å². The smallest absolute Gasteiger partial charge is 0.273 e. The van der Waals surface area contributed by atoms with Crippen LogP contribution in [0.1, 0.15) is 0 Å². The molecule has 8 heavy (non-hydrogen) atoms. The average molecular weight is 179 g/mol. The maximum Gasteiger partial charge on any atom is 0.273 e. The second-order valence-corrected chi connectivity index (χ2v) is 2.28. The minimum atomic E-state index is -0.315. The van der Waals surface area contributed by atoms with Crippen LogP contribution < -0.4 is 5.84 Å². The Bertz CT molecular complexity index is 121. The Hall–Kier alpha value is -0.350. The molecular formula is C4H7BrN2O. The van der Waals surface area contributed by atoms with Crippen LogP contribution in [-0.2, 0) is 4.79 Å². The van der Waals surface area contributed by atoms with Gasteiger partial charge in [0.05, 0.1) is 4.48 Å². The summed E-state index contributed by atoms with van der Waals surface area (Å²) in [6, 6.07) is 0. The third kappa shape index (κ3) is 2.09. The normalized spacial score (nSPS) is 8.38. The van der Waals surface area contributed by atoms with E-state index in [2.05, 4.69) is 22.5 Å². The number of nitrogens with two attached hydrogens (primary N) is 1. The number of hydrogen-bond acceptors (Lipinski definition) is 2. The zero-order valence-corrected chi connectivity index (χ0v) is 6.10. The quantitative estimate of drug-likeness (QED) is 0.271. The number of halogens is 1. The molecule has 0 aromatic carbocycles. The van der Waals surface area contributed by atoms with Crippen LogP contribution >= 0.6 is 15.9 Å². The Labute approximate surface area is 56.2 Å². The lowest BCUT2D eigenvalue weighted by Gasteiger charge is -2.06. The first-order chi connectivity index (χ1) is 3.55. The van der Waals surface area contributed by atoms with Gasteiger partial charge in [-0.15, -0.1) is 0 Å². The lowest BCUT2D eigenvalue weighted by Crippen LogP contribution is -2.32.